The summed E-state index contributed by atoms with van der Waals surface area (Å²) >= 11 is 0. The maximum absolute atomic E-state index is 13.2. The van der Waals surface area contributed by atoms with Crippen molar-refractivity contribution in [1.29, 1.82) is 0 Å². The van der Waals surface area contributed by atoms with E-state index in [1.165, 1.54) is 0 Å². The SMILES string of the molecule is C#CCCOCC(=O)N1CCN(C(=O)c2ccc3cnccc3c2)CC12CCC2. The van der Waals surface area contributed by atoms with E-state index in [9.17, 15) is 9.59 Å². The molecule has 1 aromatic heterocycles. The second-order valence-electron chi connectivity index (χ2n) is 7.79. The van der Waals surface area contributed by atoms with Gasteiger partial charge in [0.15, 0.2) is 0 Å². The van der Waals surface area contributed by atoms with E-state index in [2.05, 4.69) is 10.9 Å². The first kappa shape index (κ1) is 19.4. The molecule has 0 atom stereocenters. The topological polar surface area (TPSA) is 62.7 Å². The van der Waals surface area contributed by atoms with Crippen molar-refractivity contribution >= 4 is 22.6 Å². The number of ether oxygens (including phenoxy) is 1. The lowest BCUT2D eigenvalue weighted by atomic mass is 9.73. The van der Waals surface area contributed by atoms with Gasteiger partial charge in [-0.05, 0) is 42.8 Å². The number of amides is 2. The lowest BCUT2D eigenvalue weighted by Crippen LogP contribution is -2.68. The molecule has 2 aliphatic rings. The Morgan fingerprint density at radius 3 is 2.83 bits per heavy atom. The monoisotopic (exact) mass is 391 g/mol. The number of aromatic nitrogens is 1. The molecule has 1 aliphatic heterocycles. The first-order valence-electron chi connectivity index (χ1n) is 10.1. The number of hydrogen-bond acceptors (Lipinski definition) is 4. The molecule has 0 N–H and O–H groups in total. The smallest absolute Gasteiger partial charge is 0.254 e. The summed E-state index contributed by atoms with van der Waals surface area (Å²) in [6, 6.07) is 7.62. The highest BCUT2D eigenvalue weighted by atomic mass is 16.5. The summed E-state index contributed by atoms with van der Waals surface area (Å²) in [5.74, 6) is 2.52. The molecule has 1 saturated heterocycles. The van der Waals surface area contributed by atoms with Crippen LogP contribution in [0.25, 0.3) is 10.8 Å². The molecule has 1 spiro atoms. The van der Waals surface area contributed by atoms with Gasteiger partial charge >= 0.3 is 0 Å². The number of rotatable bonds is 5. The second-order valence-corrected chi connectivity index (χ2v) is 7.79. The maximum atomic E-state index is 13.2. The molecule has 1 aromatic carbocycles. The van der Waals surface area contributed by atoms with E-state index in [0.717, 1.165) is 30.0 Å². The Kier molecular flexibility index (Phi) is 5.50. The average Bonchev–Trinajstić information content (AvgIpc) is 2.74. The molecule has 2 aromatic rings. The van der Waals surface area contributed by atoms with Crippen LogP contribution in [0.4, 0.5) is 0 Å². The van der Waals surface area contributed by atoms with Crippen LogP contribution in [-0.2, 0) is 9.53 Å². The molecule has 0 radical (unpaired) electrons. The Balaban J connectivity index is 1.45. The summed E-state index contributed by atoms with van der Waals surface area (Å²) < 4.78 is 5.42. The zero-order valence-electron chi connectivity index (χ0n) is 16.5. The Bertz CT molecular complexity index is 961. The van der Waals surface area contributed by atoms with Crippen LogP contribution < -0.4 is 0 Å². The van der Waals surface area contributed by atoms with Crippen molar-refractivity contribution in [3.05, 3.63) is 42.2 Å². The first-order chi connectivity index (χ1) is 14.1. The van der Waals surface area contributed by atoms with Crippen molar-refractivity contribution < 1.29 is 14.3 Å². The molecular formula is C23H25N3O3. The number of piperazine rings is 1. The summed E-state index contributed by atoms with van der Waals surface area (Å²) in [6.07, 6.45) is 12.2. The van der Waals surface area contributed by atoms with Gasteiger partial charge in [-0.15, -0.1) is 12.3 Å². The van der Waals surface area contributed by atoms with Gasteiger partial charge in [0, 0.05) is 49.4 Å². The molecule has 2 amide bonds. The second kappa shape index (κ2) is 8.22. The Morgan fingerprint density at radius 1 is 1.21 bits per heavy atom. The molecular weight excluding hydrogens is 366 g/mol. The predicted octanol–water partition coefficient (Wildman–Crippen LogP) is 2.48. The molecule has 2 fully saturated rings. The van der Waals surface area contributed by atoms with Crippen molar-refractivity contribution in [1.82, 2.24) is 14.8 Å². The molecule has 1 aliphatic carbocycles. The van der Waals surface area contributed by atoms with Crippen LogP contribution in [0.2, 0.25) is 0 Å². The highest BCUT2D eigenvalue weighted by Crippen LogP contribution is 2.40. The quantitative estimate of drug-likeness (QED) is 0.580. The van der Waals surface area contributed by atoms with E-state index in [1.54, 1.807) is 12.4 Å². The molecule has 29 heavy (non-hydrogen) atoms. The van der Waals surface area contributed by atoms with E-state index in [4.69, 9.17) is 11.2 Å². The maximum Gasteiger partial charge on any atom is 0.254 e. The summed E-state index contributed by atoms with van der Waals surface area (Å²) in [4.78, 5) is 33.8. The molecule has 150 valence electrons. The molecule has 0 unspecified atom stereocenters. The van der Waals surface area contributed by atoms with Crippen LogP contribution in [-0.4, -0.2) is 65.0 Å². The fourth-order valence-electron chi connectivity index (χ4n) is 4.32. The Morgan fingerprint density at radius 2 is 2.07 bits per heavy atom. The van der Waals surface area contributed by atoms with Crippen molar-refractivity contribution in [3.8, 4) is 12.3 Å². The van der Waals surface area contributed by atoms with Crippen LogP contribution in [0.3, 0.4) is 0 Å². The van der Waals surface area contributed by atoms with E-state index >= 15 is 0 Å². The minimum Gasteiger partial charge on any atom is -0.371 e. The number of fused-ring (bicyclic) bond motifs is 1. The number of benzene rings is 1. The normalized spacial score (nSPS) is 17.8. The van der Waals surface area contributed by atoms with Crippen LogP contribution in [0.15, 0.2) is 36.7 Å². The zero-order valence-corrected chi connectivity index (χ0v) is 16.5. The molecule has 2 heterocycles. The minimum absolute atomic E-state index is 0.00738. The largest absolute Gasteiger partial charge is 0.371 e. The van der Waals surface area contributed by atoms with Gasteiger partial charge in [0.2, 0.25) is 5.91 Å². The van der Waals surface area contributed by atoms with Gasteiger partial charge in [-0.25, -0.2) is 0 Å². The van der Waals surface area contributed by atoms with Crippen molar-refractivity contribution in [2.45, 2.75) is 31.2 Å². The molecule has 6 heteroatoms. The van der Waals surface area contributed by atoms with Crippen LogP contribution in [0.1, 0.15) is 36.0 Å². The van der Waals surface area contributed by atoms with Crippen molar-refractivity contribution in [2.24, 2.45) is 0 Å². The summed E-state index contributed by atoms with van der Waals surface area (Å²) in [6.45, 7) is 2.10. The minimum atomic E-state index is -0.249. The van der Waals surface area contributed by atoms with E-state index in [0.29, 0.717) is 38.2 Å². The third kappa shape index (κ3) is 3.83. The lowest BCUT2D eigenvalue weighted by Gasteiger charge is -2.55. The number of carbonyl (C=O) groups is 2. The highest BCUT2D eigenvalue weighted by molar-refractivity contribution is 5.98. The summed E-state index contributed by atoms with van der Waals surface area (Å²) in [7, 11) is 0. The molecule has 0 bridgehead atoms. The number of carbonyl (C=O) groups excluding carboxylic acids is 2. The third-order valence-electron chi connectivity index (χ3n) is 6.03. The standard InChI is InChI=1S/C23H25N3O3/c1-2-3-13-29-16-21(27)26-12-11-25(17-23(26)8-4-9-23)22(28)19-5-6-20-15-24-10-7-18(20)14-19/h1,5-7,10,14-15H,3-4,8-9,11-13,16-17H2. The van der Waals surface area contributed by atoms with Crippen molar-refractivity contribution in [3.63, 3.8) is 0 Å². The number of nitrogens with zero attached hydrogens (tertiary/aromatic N) is 3. The van der Waals surface area contributed by atoms with Gasteiger partial charge < -0.3 is 14.5 Å². The predicted molar refractivity (Wildman–Crippen MR) is 110 cm³/mol. The van der Waals surface area contributed by atoms with Crippen molar-refractivity contribution in [2.75, 3.05) is 32.8 Å². The van der Waals surface area contributed by atoms with E-state index < -0.39 is 0 Å². The lowest BCUT2D eigenvalue weighted by molar-refractivity contribution is -0.152. The number of pyridine rings is 1. The zero-order chi connectivity index (χ0) is 20.3. The fourth-order valence-corrected chi connectivity index (χ4v) is 4.32. The molecule has 6 nitrogen and oxygen atoms in total. The van der Waals surface area contributed by atoms with Gasteiger partial charge in [0.05, 0.1) is 12.1 Å². The van der Waals surface area contributed by atoms with Gasteiger partial charge in [0.1, 0.15) is 6.61 Å². The van der Waals surface area contributed by atoms with Gasteiger partial charge in [-0.3, -0.25) is 14.6 Å². The summed E-state index contributed by atoms with van der Waals surface area (Å²) in [5, 5.41) is 2.02. The average molecular weight is 391 g/mol. The molecule has 1 saturated carbocycles. The van der Waals surface area contributed by atoms with Crippen LogP contribution >= 0.6 is 0 Å². The van der Waals surface area contributed by atoms with E-state index in [1.807, 2.05) is 34.1 Å². The number of terminal acetylenes is 1. The highest BCUT2D eigenvalue weighted by Gasteiger charge is 2.49. The van der Waals surface area contributed by atoms with Gasteiger partial charge in [0.25, 0.3) is 5.91 Å². The Labute approximate surface area is 170 Å². The first-order valence-corrected chi connectivity index (χ1v) is 10.1. The number of hydrogen-bond donors (Lipinski definition) is 0. The van der Waals surface area contributed by atoms with Crippen LogP contribution in [0, 0.1) is 12.3 Å². The van der Waals surface area contributed by atoms with Gasteiger partial charge in [-0.1, -0.05) is 6.07 Å². The molecule has 4 rings (SSSR count). The third-order valence-corrected chi connectivity index (χ3v) is 6.03. The van der Waals surface area contributed by atoms with E-state index in [-0.39, 0.29) is 24.0 Å². The summed E-state index contributed by atoms with van der Waals surface area (Å²) in [5.41, 5.74) is 0.428. The fraction of sp³-hybridized carbons (Fsp3) is 0.435. The van der Waals surface area contributed by atoms with Crippen LogP contribution in [0.5, 0.6) is 0 Å². The van der Waals surface area contributed by atoms with Gasteiger partial charge in [-0.2, -0.15) is 0 Å². The Hall–Kier alpha value is -2.91.